The van der Waals surface area contributed by atoms with Gasteiger partial charge in [0, 0.05) is 0 Å². The second-order valence-corrected chi connectivity index (χ2v) is 2.46. The molecule has 13 heavy (non-hydrogen) atoms. The predicted octanol–water partition coefficient (Wildman–Crippen LogP) is 0.814. The topological polar surface area (TPSA) is 75.3 Å². The molecule has 0 bridgehead atoms. The molecule has 0 saturated heterocycles. The van der Waals surface area contributed by atoms with Crippen LogP contribution in [0.15, 0.2) is 0 Å². The first-order valence-corrected chi connectivity index (χ1v) is 4.82. The van der Waals surface area contributed by atoms with E-state index in [1.807, 2.05) is 13.8 Å². The van der Waals surface area contributed by atoms with Crippen molar-refractivity contribution in [2.45, 2.75) is 39.2 Å². The molecule has 80 valence electrons. The number of carboxylic acids is 1. The third-order valence-electron chi connectivity index (χ3n) is 1.59. The van der Waals surface area contributed by atoms with Crippen molar-refractivity contribution in [1.82, 2.24) is 5.32 Å². The van der Waals surface area contributed by atoms with Crippen molar-refractivity contribution in [2.24, 2.45) is 5.73 Å². The van der Waals surface area contributed by atoms with Gasteiger partial charge in [-0.1, -0.05) is 20.3 Å². The molecule has 0 saturated carbocycles. The normalized spacial score (nSPS) is 11.4. The Hall–Kier alpha value is -0.610. The summed E-state index contributed by atoms with van der Waals surface area (Å²) in [6.45, 7) is 4.63. The van der Waals surface area contributed by atoms with Gasteiger partial charge in [0.05, 0.1) is 0 Å². The molecule has 0 fully saturated rings. The first-order valence-electron chi connectivity index (χ1n) is 4.82. The van der Waals surface area contributed by atoms with Crippen molar-refractivity contribution in [3.05, 3.63) is 0 Å². The second kappa shape index (κ2) is 11.4. The van der Waals surface area contributed by atoms with Crippen molar-refractivity contribution in [1.29, 1.82) is 0 Å². The van der Waals surface area contributed by atoms with E-state index in [-0.39, 0.29) is 0 Å². The molecule has 0 spiro atoms. The number of hydrogen-bond donors (Lipinski definition) is 3. The van der Waals surface area contributed by atoms with Gasteiger partial charge in [0.15, 0.2) is 0 Å². The quantitative estimate of drug-likeness (QED) is 0.542. The van der Waals surface area contributed by atoms with E-state index >= 15 is 0 Å². The summed E-state index contributed by atoms with van der Waals surface area (Å²) in [4.78, 5) is 10.4. The van der Waals surface area contributed by atoms with Crippen LogP contribution in [-0.4, -0.2) is 30.7 Å². The summed E-state index contributed by atoms with van der Waals surface area (Å²) in [6, 6.07) is -0.415. The molecule has 0 heterocycles. The summed E-state index contributed by atoms with van der Waals surface area (Å²) in [6.07, 6.45) is 2.42. The van der Waals surface area contributed by atoms with Crippen LogP contribution in [0.2, 0.25) is 0 Å². The Balaban J connectivity index is 0. The van der Waals surface area contributed by atoms with Crippen LogP contribution in [-0.2, 0) is 4.79 Å². The number of unbranched alkanes of at least 4 members (excludes halogenated alkanes) is 1. The Morgan fingerprint density at radius 3 is 2.31 bits per heavy atom. The molecule has 0 aromatic rings. The first-order chi connectivity index (χ1) is 6.22. The molecule has 0 aliphatic heterocycles. The molecule has 0 aromatic heterocycles. The number of carboxylic acid groups (broad SMARTS) is 1. The smallest absolute Gasteiger partial charge is 0.320 e. The summed E-state index contributed by atoms with van der Waals surface area (Å²) < 4.78 is 0. The minimum absolute atomic E-state index is 0.415. The summed E-state index contributed by atoms with van der Waals surface area (Å²) in [5.41, 5.74) is 5.26. The molecule has 1 atom stereocenters. The standard InChI is InChI=1S/C7H16N2O2.C2H6/c1-9-6(7(10)11)4-2-3-5-8;1-2/h6,9H,2-5,8H2,1H3,(H,10,11);1-2H3. The number of carbonyl (C=O) groups is 1. The van der Waals surface area contributed by atoms with Crippen molar-refractivity contribution >= 4 is 5.97 Å². The highest BCUT2D eigenvalue weighted by molar-refractivity contribution is 5.73. The molecule has 0 rings (SSSR count). The lowest BCUT2D eigenvalue weighted by molar-refractivity contribution is -0.139. The number of nitrogens with two attached hydrogens (primary N) is 1. The van der Waals surface area contributed by atoms with E-state index in [4.69, 9.17) is 10.8 Å². The largest absolute Gasteiger partial charge is 0.480 e. The lowest BCUT2D eigenvalue weighted by atomic mass is 10.1. The zero-order chi connectivity index (χ0) is 10.7. The predicted molar refractivity (Wildman–Crippen MR) is 54.7 cm³/mol. The fourth-order valence-corrected chi connectivity index (χ4v) is 0.884. The van der Waals surface area contributed by atoms with Crippen LogP contribution in [0, 0.1) is 0 Å². The van der Waals surface area contributed by atoms with Crippen LogP contribution in [0.25, 0.3) is 0 Å². The fraction of sp³-hybridized carbons (Fsp3) is 0.889. The Morgan fingerprint density at radius 1 is 1.46 bits per heavy atom. The van der Waals surface area contributed by atoms with Crippen molar-refractivity contribution in [2.75, 3.05) is 13.6 Å². The van der Waals surface area contributed by atoms with Gasteiger partial charge < -0.3 is 16.2 Å². The molecule has 0 aliphatic carbocycles. The van der Waals surface area contributed by atoms with Crippen LogP contribution >= 0.6 is 0 Å². The SMILES string of the molecule is CC.CNC(CCCCN)C(=O)O. The first kappa shape index (κ1) is 14.9. The average Bonchev–Trinajstić information content (AvgIpc) is 2.15. The highest BCUT2D eigenvalue weighted by Gasteiger charge is 2.12. The lowest BCUT2D eigenvalue weighted by Crippen LogP contribution is -2.33. The van der Waals surface area contributed by atoms with Crippen molar-refractivity contribution in [3.8, 4) is 0 Å². The Kier molecular flexibility index (Phi) is 13.0. The van der Waals surface area contributed by atoms with E-state index in [2.05, 4.69) is 5.32 Å². The molecule has 4 heteroatoms. The number of likely N-dealkylation sites (N-methyl/N-ethyl adjacent to an activating group) is 1. The zero-order valence-electron chi connectivity index (χ0n) is 8.84. The van der Waals surface area contributed by atoms with E-state index < -0.39 is 12.0 Å². The lowest BCUT2D eigenvalue weighted by Gasteiger charge is -2.09. The molecule has 0 aliphatic rings. The molecule has 4 nitrogen and oxygen atoms in total. The van der Waals surface area contributed by atoms with Gasteiger partial charge in [0.2, 0.25) is 0 Å². The maximum atomic E-state index is 10.4. The van der Waals surface area contributed by atoms with Gasteiger partial charge in [0.25, 0.3) is 0 Å². The van der Waals surface area contributed by atoms with Gasteiger partial charge in [0.1, 0.15) is 6.04 Å². The van der Waals surface area contributed by atoms with Gasteiger partial charge in [-0.25, -0.2) is 0 Å². The monoisotopic (exact) mass is 190 g/mol. The molecular formula is C9H22N2O2. The van der Waals surface area contributed by atoms with Crippen LogP contribution in [0.1, 0.15) is 33.1 Å². The van der Waals surface area contributed by atoms with Gasteiger partial charge in [-0.15, -0.1) is 0 Å². The van der Waals surface area contributed by atoms with Crippen LogP contribution in [0.4, 0.5) is 0 Å². The summed E-state index contributed by atoms with van der Waals surface area (Å²) in [7, 11) is 1.65. The van der Waals surface area contributed by atoms with Crippen molar-refractivity contribution in [3.63, 3.8) is 0 Å². The van der Waals surface area contributed by atoms with E-state index in [9.17, 15) is 4.79 Å². The van der Waals surface area contributed by atoms with E-state index in [1.165, 1.54) is 0 Å². The summed E-state index contributed by atoms with van der Waals surface area (Å²) in [5, 5.41) is 11.3. The molecule has 1 unspecified atom stereocenters. The van der Waals surface area contributed by atoms with Crippen LogP contribution < -0.4 is 11.1 Å². The van der Waals surface area contributed by atoms with Gasteiger partial charge in [-0.05, 0) is 26.4 Å². The summed E-state index contributed by atoms with van der Waals surface area (Å²) >= 11 is 0. The third-order valence-corrected chi connectivity index (χ3v) is 1.59. The van der Waals surface area contributed by atoms with Crippen molar-refractivity contribution < 1.29 is 9.90 Å². The molecule has 4 N–H and O–H groups in total. The van der Waals surface area contributed by atoms with Crippen LogP contribution in [0.5, 0.6) is 0 Å². The maximum Gasteiger partial charge on any atom is 0.320 e. The molecular weight excluding hydrogens is 168 g/mol. The molecule has 0 aromatic carbocycles. The van der Waals surface area contributed by atoms with E-state index in [0.717, 1.165) is 12.8 Å². The van der Waals surface area contributed by atoms with Crippen LogP contribution in [0.3, 0.4) is 0 Å². The number of aliphatic carboxylic acids is 1. The number of hydrogen-bond acceptors (Lipinski definition) is 3. The Labute approximate surface area is 80.5 Å². The zero-order valence-corrected chi connectivity index (χ0v) is 8.84. The van der Waals surface area contributed by atoms with E-state index in [0.29, 0.717) is 13.0 Å². The van der Waals surface area contributed by atoms with E-state index in [1.54, 1.807) is 7.05 Å². The number of nitrogens with one attached hydrogen (secondary N) is 1. The molecule has 0 radical (unpaired) electrons. The highest BCUT2D eigenvalue weighted by atomic mass is 16.4. The van der Waals surface area contributed by atoms with Gasteiger partial charge in [-0.3, -0.25) is 4.79 Å². The highest BCUT2D eigenvalue weighted by Crippen LogP contribution is 1.99. The Bertz CT molecular complexity index is 118. The third kappa shape index (κ3) is 9.30. The minimum Gasteiger partial charge on any atom is -0.480 e. The number of rotatable bonds is 6. The average molecular weight is 190 g/mol. The summed E-state index contributed by atoms with van der Waals surface area (Å²) in [5.74, 6) is -0.787. The second-order valence-electron chi connectivity index (χ2n) is 2.46. The maximum absolute atomic E-state index is 10.4. The minimum atomic E-state index is -0.787. The molecule has 0 amide bonds. The van der Waals surface area contributed by atoms with Gasteiger partial charge in [-0.2, -0.15) is 0 Å². The van der Waals surface area contributed by atoms with Gasteiger partial charge >= 0.3 is 5.97 Å². The fourth-order valence-electron chi connectivity index (χ4n) is 0.884. The Morgan fingerprint density at radius 2 is 2.00 bits per heavy atom.